The molecule has 0 amide bonds. The molecule has 3 heterocycles. The van der Waals surface area contributed by atoms with Crippen LogP contribution in [0.1, 0.15) is 30.8 Å². The average Bonchev–Trinajstić information content (AvgIpc) is 3.00. The highest BCUT2D eigenvalue weighted by atomic mass is 15.4. The monoisotopic (exact) mass is 286 g/mol. The Morgan fingerprint density at radius 1 is 1.24 bits per heavy atom. The van der Waals surface area contributed by atoms with Crippen LogP contribution in [-0.2, 0) is 26.1 Å². The molecule has 2 aromatic rings. The van der Waals surface area contributed by atoms with E-state index in [2.05, 4.69) is 37.6 Å². The third kappa shape index (κ3) is 3.15. The Balaban J connectivity index is 1.23. The summed E-state index contributed by atoms with van der Waals surface area (Å²) >= 11 is 0. The fraction of sp³-hybridized carbons (Fsp3) is 0.667. The van der Waals surface area contributed by atoms with E-state index in [0.29, 0.717) is 5.92 Å². The predicted octanol–water partition coefficient (Wildman–Crippen LogP) is 1.24. The lowest BCUT2D eigenvalue weighted by atomic mass is 9.99. The van der Waals surface area contributed by atoms with Gasteiger partial charge >= 0.3 is 0 Å². The highest BCUT2D eigenvalue weighted by Gasteiger charge is 2.22. The van der Waals surface area contributed by atoms with E-state index < -0.39 is 0 Å². The van der Waals surface area contributed by atoms with Crippen LogP contribution in [0.5, 0.6) is 0 Å². The molecule has 1 saturated carbocycles. The van der Waals surface area contributed by atoms with Gasteiger partial charge in [-0.15, -0.1) is 5.10 Å². The number of imidazole rings is 1. The molecule has 6 heteroatoms. The van der Waals surface area contributed by atoms with E-state index in [-0.39, 0.29) is 0 Å². The molecule has 2 aliphatic rings. The maximum absolute atomic E-state index is 4.37. The fourth-order valence-electron chi connectivity index (χ4n) is 3.08. The largest absolute Gasteiger partial charge is 0.335 e. The summed E-state index contributed by atoms with van der Waals surface area (Å²) in [6.07, 6.45) is 11.1. The second-order valence-electron chi connectivity index (χ2n) is 6.41. The minimum atomic E-state index is 0.688. The third-order valence-electron chi connectivity index (χ3n) is 4.50. The molecule has 0 bridgehead atoms. The Morgan fingerprint density at radius 2 is 2.19 bits per heavy atom. The summed E-state index contributed by atoms with van der Waals surface area (Å²) < 4.78 is 4.27. The quantitative estimate of drug-likeness (QED) is 0.868. The zero-order valence-electron chi connectivity index (χ0n) is 12.3. The first-order valence-electron chi connectivity index (χ1n) is 7.96. The molecule has 6 nitrogen and oxygen atoms in total. The number of hydrogen-bond donors (Lipinski definition) is 1. The van der Waals surface area contributed by atoms with E-state index in [1.54, 1.807) is 0 Å². The van der Waals surface area contributed by atoms with Gasteiger partial charge in [-0.1, -0.05) is 5.21 Å². The van der Waals surface area contributed by atoms with Crippen LogP contribution >= 0.6 is 0 Å². The van der Waals surface area contributed by atoms with E-state index in [1.165, 1.54) is 25.1 Å². The van der Waals surface area contributed by atoms with Crippen LogP contribution in [0.2, 0.25) is 0 Å². The summed E-state index contributed by atoms with van der Waals surface area (Å²) in [5, 5.41) is 12.0. The van der Waals surface area contributed by atoms with Crippen molar-refractivity contribution >= 4 is 0 Å². The van der Waals surface area contributed by atoms with Crippen molar-refractivity contribution in [3.05, 3.63) is 30.1 Å². The first kappa shape index (κ1) is 13.0. The number of nitrogens with one attached hydrogen (secondary N) is 1. The molecular formula is C15H22N6. The molecule has 1 aliphatic carbocycles. The Morgan fingerprint density at radius 3 is 3.10 bits per heavy atom. The Bertz CT molecular complexity index is 597. The SMILES string of the molecule is c1cn2c(n1)CCC(CNCc1cn(CC3CC3)nn1)C2. The van der Waals surface area contributed by atoms with E-state index >= 15 is 0 Å². The molecule has 0 saturated heterocycles. The van der Waals surface area contributed by atoms with Gasteiger partial charge in [0.2, 0.25) is 0 Å². The summed E-state index contributed by atoms with van der Waals surface area (Å²) in [7, 11) is 0. The molecule has 4 rings (SSSR count). The lowest BCUT2D eigenvalue weighted by Gasteiger charge is -2.23. The van der Waals surface area contributed by atoms with Crippen molar-refractivity contribution < 1.29 is 0 Å². The molecule has 2 aromatic heterocycles. The van der Waals surface area contributed by atoms with Gasteiger partial charge in [0.25, 0.3) is 0 Å². The second kappa shape index (κ2) is 5.60. The number of hydrogen-bond acceptors (Lipinski definition) is 4. The van der Waals surface area contributed by atoms with Crippen LogP contribution < -0.4 is 5.32 Å². The van der Waals surface area contributed by atoms with Gasteiger partial charge in [0.1, 0.15) is 5.82 Å². The summed E-state index contributed by atoms with van der Waals surface area (Å²) in [6.45, 7) is 3.97. The minimum absolute atomic E-state index is 0.688. The van der Waals surface area contributed by atoms with Crippen molar-refractivity contribution in [1.82, 2.24) is 29.9 Å². The summed E-state index contributed by atoms with van der Waals surface area (Å²) in [5.74, 6) is 2.77. The molecule has 1 fully saturated rings. The van der Waals surface area contributed by atoms with Crippen LogP contribution in [0.3, 0.4) is 0 Å². The van der Waals surface area contributed by atoms with Crippen LogP contribution in [0.4, 0.5) is 0 Å². The molecule has 0 aromatic carbocycles. The van der Waals surface area contributed by atoms with Crippen molar-refractivity contribution in [1.29, 1.82) is 0 Å². The van der Waals surface area contributed by atoms with Crippen LogP contribution in [0.15, 0.2) is 18.6 Å². The summed E-state index contributed by atoms with van der Waals surface area (Å²) in [4.78, 5) is 4.37. The number of nitrogens with zero attached hydrogens (tertiary/aromatic N) is 5. The molecule has 1 atom stereocenters. The van der Waals surface area contributed by atoms with E-state index in [0.717, 1.165) is 44.2 Å². The standard InChI is InChI=1S/C15H22N6/c1-2-12(1)10-21-11-14(18-19-21)8-16-7-13-3-4-15-17-5-6-20(15)9-13/h5-6,11-13,16H,1-4,7-10H2. The number of aromatic nitrogens is 5. The first-order chi connectivity index (χ1) is 10.4. The van der Waals surface area contributed by atoms with Gasteiger partial charge in [0.15, 0.2) is 0 Å². The smallest absolute Gasteiger partial charge is 0.108 e. The van der Waals surface area contributed by atoms with Crippen molar-refractivity contribution in [3.8, 4) is 0 Å². The predicted molar refractivity (Wildman–Crippen MR) is 78.5 cm³/mol. The fourth-order valence-corrected chi connectivity index (χ4v) is 3.08. The van der Waals surface area contributed by atoms with E-state index in [1.807, 2.05) is 10.9 Å². The topological polar surface area (TPSA) is 60.6 Å². The van der Waals surface area contributed by atoms with Gasteiger partial charge < -0.3 is 9.88 Å². The third-order valence-corrected chi connectivity index (χ3v) is 4.50. The molecular weight excluding hydrogens is 264 g/mol. The van der Waals surface area contributed by atoms with E-state index in [9.17, 15) is 0 Å². The van der Waals surface area contributed by atoms with Crippen LogP contribution in [0.25, 0.3) is 0 Å². The molecule has 21 heavy (non-hydrogen) atoms. The Hall–Kier alpha value is -1.69. The molecule has 112 valence electrons. The lowest BCUT2D eigenvalue weighted by molar-refractivity contribution is 0.347. The molecule has 1 unspecified atom stereocenters. The number of rotatable bonds is 6. The summed E-state index contributed by atoms with van der Waals surface area (Å²) in [6, 6.07) is 0. The Kier molecular flexibility index (Phi) is 3.47. The highest BCUT2D eigenvalue weighted by Crippen LogP contribution is 2.30. The molecule has 0 radical (unpaired) electrons. The highest BCUT2D eigenvalue weighted by molar-refractivity contribution is 4.97. The second-order valence-corrected chi connectivity index (χ2v) is 6.41. The lowest BCUT2D eigenvalue weighted by Crippen LogP contribution is -2.29. The van der Waals surface area contributed by atoms with Crippen molar-refractivity contribution in [2.45, 2.75) is 45.3 Å². The molecule has 1 aliphatic heterocycles. The van der Waals surface area contributed by atoms with Gasteiger partial charge in [-0.25, -0.2) is 4.98 Å². The number of fused-ring (bicyclic) bond motifs is 1. The zero-order valence-corrected chi connectivity index (χ0v) is 12.3. The normalized spacial score (nSPS) is 21.4. The van der Waals surface area contributed by atoms with Crippen molar-refractivity contribution in [2.75, 3.05) is 6.54 Å². The van der Waals surface area contributed by atoms with Crippen molar-refractivity contribution in [3.63, 3.8) is 0 Å². The van der Waals surface area contributed by atoms with Gasteiger partial charge in [-0.3, -0.25) is 4.68 Å². The maximum atomic E-state index is 4.37. The molecule has 1 N–H and O–H groups in total. The zero-order chi connectivity index (χ0) is 14.1. The van der Waals surface area contributed by atoms with Crippen molar-refractivity contribution in [2.24, 2.45) is 11.8 Å². The van der Waals surface area contributed by atoms with Gasteiger partial charge in [0.05, 0.1) is 5.69 Å². The van der Waals surface area contributed by atoms with E-state index in [4.69, 9.17) is 0 Å². The Labute approximate surface area is 124 Å². The minimum Gasteiger partial charge on any atom is -0.335 e. The molecule has 0 spiro atoms. The first-order valence-corrected chi connectivity index (χ1v) is 7.96. The summed E-state index contributed by atoms with van der Waals surface area (Å²) in [5.41, 5.74) is 1.05. The maximum Gasteiger partial charge on any atom is 0.108 e. The van der Waals surface area contributed by atoms with Crippen LogP contribution in [-0.4, -0.2) is 31.1 Å². The van der Waals surface area contributed by atoms with Gasteiger partial charge in [0, 0.05) is 51.2 Å². The van der Waals surface area contributed by atoms with Crippen LogP contribution in [0, 0.1) is 11.8 Å². The van der Waals surface area contributed by atoms with Gasteiger partial charge in [-0.2, -0.15) is 0 Å². The van der Waals surface area contributed by atoms with Gasteiger partial charge in [-0.05, 0) is 31.1 Å². The average molecular weight is 286 g/mol. The number of aryl methyl sites for hydroxylation is 1.